The van der Waals surface area contributed by atoms with Crippen LogP contribution in [0.15, 0.2) is 83.8 Å². The monoisotopic (exact) mass is 627 g/mol. The lowest BCUT2D eigenvalue weighted by Gasteiger charge is -2.31. The van der Waals surface area contributed by atoms with Crippen LogP contribution in [-0.2, 0) is 27.8 Å². The SMILES string of the molecule is CC(C)CN(C[C@@H](O)[C@H](Cc1ccc(OCc2ccccc2)cc1)NC(=O)OC(C)(C)C)S(=O)(=O)c1cccc([N+](=O)[O-])c1. The zero-order chi connectivity index (χ0) is 32.5. The summed E-state index contributed by atoms with van der Waals surface area (Å²) in [6.45, 7) is 8.83. The molecule has 0 fully saturated rings. The van der Waals surface area contributed by atoms with E-state index in [-0.39, 0.29) is 36.0 Å². The van der Waals surface area contributed by atoms with Crippen molar-refractivity contribution in [3.8, 4) is 5.75 Å². The number of sulfonamides is 1. The maximum atomic E-state index is 13.6. The number of ether oxygens (including phenoxy) is 2. The third-order valence-electron chi connectivity index (χ3n) is 6.42. The number of hydrogen-bond acceptors (Lipinski definition) is 8. The summed E-state index contributed by atoms with van der Waals surface area (Å²) in [6, 6.07) is 20.8. The van der Waals surface area contributed by atoms with Crippen LogP contribution in [0.1, 0.15) is 45.7 Å². The van der Waals surface area contributed by atoms with Gasteiger partial charge in [-0.1, -0.05) is 62.4 Å². The Morgan fingerprint density at radius 3 is 2.23 bits per heavy atom. The summed E-state index contributed by atoms with van der Waals surface area (Å²) >= 11 is 0. The molecule has 3 aromatic rings. The van der Waals surface area contributed by atoms with Gasteiger partial charge in [0.25, 0.3) is 5.69 Å². The summed E-state index contributed by atoms with van der Waals surface area (Å²) in [5.74, 6) is 0.511. The molecule has 0 heterocycles. The molecular weight excluding hydrogens is 586 g/mol. The molecule has 0 saturated carbocycles. The molecule has 0 bridgehead atoms. The Morgan fingerprint density at radius 1 is 0.977 bits per heavy atom. The van der Waals surface area contributed by atoms with Gasteiger partial charge in [0.1, 0.15) is 18.0 Å². The molecule has 0 aromatic heterocycles. The number of non-ortho nitro benzene ring substituents is 1. The number of nitrogens with zero attached hydrogens (tertiary/aromatic N) is 2. The Bertz CT molecular complexity index is 1490. The molecule has 0 aliphatic rings. The zero-order valence-corrected chi connectivity index (χ0v) is 26.5. The van der Waals surface area contributed by atoms with Crippen LogP contribution in [-0.4, -0.2) is 59.7 Å². The summed E-state index contributed by atoms with van der Waals surface area (Å²) in [7, 11) is -4.24. The van der Waals surface area contributed by atoms with E-state index in [0.29, 0.717) is 12.4 Å². The van der Waals surface area contributed by atoms with Crippen molar-refractivity contribution >= 4 is 21.8 Å². The third kappa shape index (κ3) is 10.6. The molecule has 3 rings (SSSR count). The largest absolute Gasteiger partial charge is 0.489 e. The van der Waals surface area contributed by atoms with Gasteiger partial charge in [-0.25, -0.2) is 13.2 Å². The first-order valence-electron chi connectivity index (χ1n) is 14.3. The minimum atomic E-state index is -4.24. The van der Waals surface area contributed by atoms with E-state index in [1.807, 2.05) is 56.3 Å². The van der Waals surface area contributed by atoms with Gasteiger partial charge in [0.2, 0.25) is 10.0 Å². The van der Waals surface area contributed by atoms with E-state index in [9.17, 15) is 28.4 Å². The third-order valence-corrected chi connectivity index (χ3v) is 8.25. The molecule has 0 unspecified atom stereocenters. The maximum absolute atomic E-state index is 13.6. The summed E-state index contributed by atoms with van der Waals surface area (Å²) in [5.41, 5.74) is 0.616. The van der Waals surface area contributed by atoms with E-state index in [2.05, 4.69) is 5.32 Å². The second-order valence-corrected chi connectivity index (χ2v) is 13.9. The number of carbonyl (C=O) groups is 1. The Balaban J connectivity index is 1.83. The van der Waals surface area contributed by atoms with Gasteiger partial charge >= 0.3 is 6.09 Å². The Hall–Kier alpha value is -4.00. The van der Waals surface area contributed by atoms with Crippen LogP contribution in [0.3, 0.4) is 0 Å². The van der Waals surface area contributed by atoms with E-state index in [1.54, 1.807) is 32.9 Å². The molecule has 11 nitrogen and oxygen atoms in total. The van der Waals surface area contributed by atoms with Gasteiger partial charge in [0, 0.05) is 25.2 Å². The summed E-state index contributed by atoms with van der Waals surface area (Å²) in [4.78, 5) is 23.1. The molecule has 1 amide bonds. The van der Waals surface area contributed by atoms with E-state index in [0.717, 1.165) is 21.5 Å². The highest BCUT2D eigenvalue weighted by Gasteiger charge is 2.33. The lowest BCUT2D eigenvalue weighted by atomic mass is 10.0. The molecule has 3 aromatic carbocycles. The summed E-state index contributed by atoms with van der Waals surface area (Å²) in [5, 5.41) is 25.4. The molecule has 0 spiro atoms. The number of rotatable bonds is 14. The highest BCUT2D eigenvalue weighted by Crippen LogP contribution is 2.23. The number of aliphatic hydroxyl groups excluding tert-OH is 1. The molecule has 0 saturated heterocycles. The summed E-state index contributed by atoms with van der Waals surface area (Å²) in [6.07, 6.45) is -1.96. The van der Waals surface area contributed by atoms with Gasteiger partial charge in [0.05, 0.1) is 22.0 Å². The topological polar surface area (TPSA) is 148 Å². The van der Waals surface area contributed by atoms with Crippen LogP contribution in [0, 0.1) is 16.0 Å². The van der Waals surface area contributed by atoms with Crippen LogP contribution in [0.2, 0.25) is 0 Å². The van der Waals surface area contributed by atoms with Crippen molar-refractivity contribution < 1.29 is 32.7 Å². The fourth-order valence-electron chi connectivity index (χ4n) is 4.38. The molecular formula is C32H41N3O8S. The Labute approximate surface area is 259 Å². The minimum Gasteiger partial charge on any atom is -0.489 e. The lowest BCUT2D eigenvalue weighted by Crippen LogP contribution is -2.51. The fraction of sp³-hybridized carbons (Fsp3) is 0.406. The smallest absolute Gasteiger partial charge is 0.407 e. The Kier molecular flexibility index (Phi) is 11.9. The predicted octanol–water partition coefficient (Wildman–Crippen LogP) is 5.32. The molecule has 2 atom stereocenters. The number of nitrogens with one attached hydrogen (secondary N) is 1. The van der Waals surface area contributed by atoms with Crippen molar-refractivity contribution in [2.75, 3.05) is 13.1 Å². The second-order valence-electron chi connectivity index (χ2n) is 11.9. The number of benzene rings is 3. The van der Waals surface area contributed by atoms with Crippen LogP contribution in [0.5, 0.6) is 5.75 Å². The highest BCUT2D eigenvalue weighted by molar-refractivity contribution is 7.89. The van der Waals surface area contributed by atoms with Gasteiger partial charge < -0.3 is 19.9 Å². The van der Waals surface area contributed by atoms with Crippen LogP contribution in [0.25, 0.3) is 0 Å². The zero-order valence-electron chi connectivity index (χ0n) is 25.7. The van der Waals surface area contributed by atoms with Crippen molar-refractivity contribution in [1.82, 2.24) is 9.62 Å². The molecule has 0 aliphatic carbocycles. The number of nitro groups is 1. The minimum absolute atomic E-state index is 0.0364. The lowest BCUT2D eigenvalue weighted by molar-refractivity contribution is -0.385. The van der Waals surface area contributed by atoms with Gasteiger partial charge in [0.15, 0.2) is 0 Å². The Morgan fingerprint density at radius 2 is 1.64 bits per heavy atom. The normalized spacial score (nSPS) is 13.4. The van der Waals surface area contributed by atoms with Crippen LogP contribution in [0.4, 0.5) is 10.5 Å². The molecule has 12 heteroatoms. The first-order valence-corrected chi connectivity index (χ1v) is 15.8. The van der Waals surface area contributed by atoms with E-state index < -0.39 is 38.8 Å². The van der Waals surface area contributed by atoms with Gasteiger partial charge in [-0.3, -0.25) is 10.1 Å². The fourth-order valence-corrected chi connectivity index (χ4v) is 6.04. The number of alkyl carbamates (subject to hydrolysis) is 1. The first-order chi connectivity index (χ1) is 20.6. The number of amides is 1. The molecule has 2 N–H and O–H groups in total. The van der Waals surface area contributed by atoms with Crippen molar-refractivity contribution in [3.05, 3.63) is 100 Å². The second kappa shape index (κ2) is 15.1. The van der Waals surface area contributed by atoms with Crippen molar-refractivity contribution in [2.45, 2.75) is 70.3 Å². The molecule has 44 heavy (non-hydrogen) atoms. The predicted molar refractivity (Wildman–Crippen MR) is 167 cm³/mol. The molecule has 0 radical (unpaired) electrons. The molecule has 238 valence electrons. The van der Waals surface area contributed by atoms with Gasteiger partial charge in [-0.15, -0.1) is 0 Å². The van der Waals surface area contributed by atoms with E-state index >= 15 is 0 Å². The van der Waals surface area contributed by atoms with Gasteiger partial charge in [-0.2, -0.15) is 4.31 Å². The van der Waals surface area contributed by atoms with Crippen LogP contribution < -0.4 is 10.1 Å². The highest BCUT2D eigenvalue weighted by atomic mass is 32.2. The van der Waals surface area contributed by atoms with Crippen molar-refractivity contribution in [1.29, 1.82) is 0 Å². The van der Waals surface area contributed by atoms with Gasteiger partial charge in [-0.05, 0) is 62.4 Å². The van der Waals surface area contributed by atoms with Crippen molar-refractivity contribution in [2.24, 2.45) is 5.92 Å². The number of carbonyl (C=O) groups excluding carboxylic acids is 1. The number of aliphatic hydroxyl groups is 1. The first kappa shape index (κ1) is 34.5. The molecule has 0 aliphatic heterocycles. The van der Waals surface area contributed by atoms with Crippen molar-refractivity contribution in [3.63, 3.8) is 0 Å². The van der Waals surface area contributed by atoms with E-state index in [1.165, 1.54) is 18.2 Å². The average molecular weight is 628 g/mol. The maximum Gasteiger partial charge on any atom is 0.407 e. The van der Waals surface area contributed by atoms with Crippen LogP contribution >= 0.6 is 0 Å². The number of nitro benzene ring substituents is 1. The summed E-state index contributed by atoms with van der Waals surface area (Å²) < 4.78 is 39.6. The number of hydrogen-bond donors (Lipinski definition) is 2. The quantitative estimate of drug-likeness (QED) is 0.180. The standard InChI is InChI=1S/C32H41N3O8S/c1-23(2)20-34(44(40,41)28-13-9-12-26(19-28)35(38)39)21-30(36)29(33-31(37)43-32(3,4)5)18-24-14-16-27(17-15-24)42-22-25-10-7-6-8-11-25/h6-17,19,23,29-30,36H,18,20-22H2,1-5H3,(H,33,37)/t29-,30+/m0/s1. The average Bonchev–Trinajstić information content (AvgIpc) is 2.95. The van der Waals surface area contributed by atoms with E-state index in [4.69, 9.17) is 9.47 Å².